The van der Waals surface area contributed by atoms with Crippen molar-refractivity contribution in [2.45, 2.75) is 11.8 Å². The van der Waals surface area contributed by atoms with Crippen molar-refractivity contribution in [1.29, 1.82) is 0 Å². The molecule has 0 bridgehead atoms. The standard InChI is InChI=1S/C10H7Br3OS/c1-5-2-3-7(14-5)9(12)8-4-6(11)10(13)15-8/h2-4,9H,1H3. The third-order valence-corrected chi connectivity index (χ3v) is 6.49. The maximum Gasteiger partial charge on any atom is 0.123 e. The molecule has 0 amide bonds. The van der Waals surface area contributed by atoms with Crippen LogP contribution in [0.4, 0.5) is 0 Å². The zero-order valence-electron chi connectivity index (χ0n) is 7.76. The SMILES string of the molecule is Cc1ccc(C(Br)c2cc(Br)c(Br)s2)o1. The van der Waals surface area contributed by atoms with Crippen molar-refractivity contribution in [1.82, 2.24) is 0 Å². The maximum atomic E-state index is 5.58. The summed E-state index contributed by atoms with van der Waals surface area (Å²) in [6.07, 6.45) is 0. The Morgan fingerprint density at radius 3 is 2.53 bits per heavy atom. The van der Waals surface area contributed by atoms with E-state index >= 15 is 0 Å². The highest BCUT2D eigenvalue weighted by Crippen LogP contribution is 2.41. The summed E-state index contributed by atoms with van der Waals surface area (Å²) in [6, 6.07) is 6.06. The largest absolute Gasteiger partial charge is 0.465 e. The van der Waals surface area contributed by atoms with Crippen LogP contribution in [0.1, 0.15) is 21.2 Å². The van der Waals surface area contributed by atoms with Gasteiger partial charge in [-0.2, -0.15) is 0 Å². The number of hydrogen-bond donors (Lipinski definition) is 0. The first-order valence-electron chi connectivity index (χ1n) is 4.23. The fourth-order valence-corrected chi connectivity index (χ4v) is 3.95. The zero-order valence-corrected chi connectivity index (χ0v) is 13.3. The number of thiophene rings is 1. The normalized spacial score (nSPS) is 13.1. The van der Waals surface area contributed by atoms with Gasteiger partial charge < -0.3 is 4.42 Å². The average Bonchev–Trinajstić information content (AvgIpc) is 2.74. The van der Waals surface area contributed by atoms with Crippen LogP contribution in [0.3, 0.4) is 0 Å². The van der Waals surface area contributed by atoms with Gasteiger partial charge in [-0.05, 0) is 57.0 Å². The Kier molecular flexibility index (Phi) is 3.75. The molecule has 2 heterocycles. The molecule has 1 atom stereocenters. The van der Waals surface area contributed by atoms with Crippen LogP contribution in [-0.4, -0.2) is 0 Å². The van der Waals surface area contributed by atoms with E-state index in [0.29, 0.717) is 0 Å². The van der Waals surface area contributed by atoms with Crippen LogP contribution in [0.15, 0.2) is 30.9 Å². The minimum absolute atomic E-state index is 0.124. The van der Waals surface area contributed by atoms with E-state index in [4.69, 9.17) is 4.42 Å². The van der Waals surface area contributed by atoms with Gasteiger partial charge >= 0.3 is 0 Å². The molecule has 1 unspecified atom stereocenters. The van der Waals surface area contributed by atoms with E-state index in [1.165, 1.54) is 4.88 Å². The summed E-state index contributed by atoms with van der Waals surface area (Å²) >= 11 is 12.3. The first-order chi connectivity index (χ1) is 7.08. The Morgan fingerprint density at radius 2 is 2.07 bits per heavy atom. The van der Waals surface area contributed by atoms with Gasteiger partial charge in [0.15, 0.2) is 0 Å². The lowest BCUT2D eigenvalue weighted by Crippen LogP contribution is -1.85. The molecule has 2 aromatic rings. The van der Waals surface area contributed by atoms with E-state index in [2.05, 4.69) is 53.9 Å². The highest BCUT2D eigenvalue weighted by atomic mass is 79.9. The van der Waals surface area contributed by atoms with Gasteiger partial charge in [0.2, 0.25) is 0 Å². The van der Waals surface area contributed by atoms with Crippen LogP contribution in [0, 0.1) is 6.92 Å². The summed E-state index contributed by atoms with van der Waals surface area (Å²) in [6.45, 7) is 1.95. The highest BCUT2D eigenvalue weighted by molar-refractivity contribution is 9.13. The molecule has 0 N–H and O–H groups in total. The molecule has 5 heteroatoms. The van der Waals surface area contributed by atoms with Gasteiger partial charge in [0.25, 0.3) is 0 Å². The van der Waals surface area contributed by atoms with E-state index < -0.39 is 0 Å². The second-order valence-electron chi connectivity index (χ2n) is 3.08. The van der Waals surface area contributed by atoms with Crippen molar-refractivity contribution < 1.29 is 4.42 Å². The molecule has 0 saturated heterocycles. The molecule has 1 nitrogen and oxygen atoms in total. The fourth-order valence-electron chi connectivity index (χ4n) is 1.22. The fraction of sp³-hybridized carbons (Fsp3) is 0.200. The van der Waals surface area contributed by atoms with E-state index in [-0.39, 0.29) is 4.83 Å². The molecule has 0 aliphatic heterocycles. The third kappa shape index (κ3) is 2.57. The van der Waals surface area contributed by atoms with Gasteiger partial charge in [0.1, 0.15) is 16.3 Å². The van der Waals surface area contributed by atoms with E-state index in [1.807, 2.05) is 19.1 Å². The minimum Gasteiger partial charge on any atom is -0.465 e. The van der Waals surface area contributed by atoms with Gasteiger partial charge in [0, 0.05) is 9.35 Å². The zero-order chi connectivity index (χ0) is 11.0. The summed E-state index contributed by atoms with van der Waals surface area (Å²) in [4.78, 5) is 1.34. The summed E-state index contributed by atoms with van der Waals surface area (Å²) in [5.74, 6) is 1.87. The number of furan rings is 1. The predicted octanol–water partition coefficient (Wildman–Crippen LogP) is 5.66. The molecule has 0 aromatic carbocycles. The summed E-state index contributed by atoms with van der Waals surface area (Å²) < 4.78 is 7.76. The lowest BCUT2D eigenvalue weighted by atomic mass is 10.3. The third-order valence-electron chi connectivity index (χ3n) is 1.92. The first-order valence-corrected chi connectivity index (χ1v) is 7.55. The second-order valence-corrected chi connectivity index (χ2v) is 7.25. The van der Waals surface area contributed by atoms with Gasteiger partial charge in [-0.3, -0.25) is 0 Å². The molecule has 0 radical (unpaired) electrons. The van der Waals surface area contributed by atoms with Crippen molar-refractivity contribution in [2.75, 3.05) is 0 Å². The van der Waals surface area contributed by atoms with Gasteiger partial charge in [0.05, 0.1) is 3.79 Å². The maximum absolute atomic E-state index is 5.58. The van der Waals surface area contributed by atoms with Crippen molar-refractivity contribution in [3.63, 3.8) is 0 Å². The quantitative estimate of drug-likeness (QED) is 0.578. The van der Waals surface area contributed by atoms with Crippen LogP contribution in [0.25, 0.3) is 0 Å². The van der Waals surface area contributed by atoms with Crippen LogP contribution in [0.5, 0.6) is 0 Å². The van der Waals surface area contributed by atoms with Crippen molar-refractivity contribution in [3.05, 3.63) is 42.9 Å². The second kappa shape index (κ2) is 4.73. The molecular formula is C10H7Br3OS. The van der Waals surface area contributed by atoms with Crippen molar-refractivity contribution in [3.8, 4) is 0 Å². The highest BCUT2D eigenvalue weighted by Gasteiger charge is 2.17. The lowest BCUT2D eigenvalue weighted by Gasteiger charge is -2.02. The average molecular weight is 415 g/mol. The summed E-state index contributed by atoms with van der Waals surface area (Å²) in [5.41, 5.74) is 0. The molecule has 2 aromatic heterocycles. The minimum atomic E-state index is 0.124. The van der Waals surface area contributed by atoms with Crippen molar-refractivity contribution in [2.24, 2.45) is 0 Å². The predicted molar refractivity (Wildman–Crippen MR) is 73.9 cm³/mol. The van der Waals surface area contributed by atoms with E-state index in [9.17, 15) is 0 Å². The molecule has 0 spiro atoms. The molecule has 80 valence electrons. The lowest BCUT2D eigenvalue weighted by molar-refractivity contribution is 0.493. The molecule has 0 aliphatic carbocycles. The molecule has 15 heavy (non-hydrogen) atoms. The number of rotatable bonds is 2. The number of hydrogen-bond acceptors (Lipinski definition) is 2. The number of halogens is 3. The van der Waals surface area contributed by atoms with Crippen LogP contribution >= 0.6 is 59.1 Å². The van der Waals surface area contributed by atoms with Crippen LogP contribution in [-0.2, 0) is 0 Å². The van der Waals surface area contributed by atoms with E-state index in [1.54, 1.807) is 11.3 Å². The Hall–Kier alpha value is 0.420. The summed E-state index contributed by atoms with van der Waals surface area (Å²) in [5, 5.41) is 0. The molecule has 0 aliphatic rings. The Morgan fingerprint density at radius 1 is 1.33 bits per heavy atom. The molecule has 0 fully saturated rings. The molecular weight excluding hydrogens is 408 g/mol. The smallest absolute Gasteiger partial charge is 0.123 e. The summed E-state index contributed by atoms with van der Waals surface area (Å²) in [7, 11) is 0. The topological polar surface area (TPSA) is 13.1 Å². The number of aryl methyl sites for hydroxylation is 1. The van der Waals surface area contributed by atoms with Gasteiger partial charge in [-0.15, -0.1) is 11.3 Å². The molecule has 2 rings (SSSR count). The van der Waals surface area contributed by atoms with Crippen LogP contribution in [0.2, 0.25) is 0 Å². The van der Waals surface area contributed by atoms with Crippen LogP contribution < -0.4 is 0 Å². The van der Waals surface area contributed by atoms with Crippen molar-refractivity contribution >= 4 is 59.1 Å². The van der Waals surface area contributed by atoms with Gasteiger partial charge in [-0.1, -0.05) is 15.9 Å². The Balaban J connectivity index is 2.31. The monoisotopic (exact) mass is 412 g/mol. The number of alkyl halides is 1. The Labute approximate surface area is 117 Å². The molecule has 0 saturated carbocycles. The Bertz CT molecular complexity index is 455. The first kappa shape index (κ1) is 11.9. The van der Waals surface area contributed by atoms with E-state index in [0.717, 1.165) is 19.8 Å². The van der Waals surface area contributed by atoms with Gasteiger partial charge in [-0.25, -0.2) is 0 Å².